The van der Waals surface area contributed by atoms with Crippen molar-refractivity contribution in [2.24, 2.45) is 0 Å². The van der Waals surface area contributed by atoms with E-state index in [1.165, 1.54) is 0 Å². The molecule has 2 N–H and O–H groups in total. The number of nitrogens with zero attached hydrogens (tertiary/aromatic N) is 1. The summed E-state index contributed by atoms with van der Waals surface area (Å²) in [5.74, 6) is 0. The third-order valence-corrected chi connectivity index (χ3v) is 3.23. The monoisotopic (exact) mass is 237 g/mol. The summed E-state index contributed by atoms with van der Waals surface area (Å²) in [6.07, 6.45) is 0. The summed E-state index contributed by atoms with van der Waals surface area (Å²) in [5.41, 5.74) is 2.81. The highest BCUT2D eigenvalue weighted by atomic mass is 35.5. The molecule has 1 atom stereocenters. The molecule has 1 aliphatic rings. The molecule has 0 spiro atoms. The summed E-state index contributed by atoms with van der Waals surface area (Å²) in [6.45, 7) is 3.50. The molecular formula is C11H12ClN3O. The van der Waals surface area contributed by atoms with Crippen LogP contribution in [0.3, 0.4) is 0 Å². The smallest absolute Gasteiger partial charge is 0.308 e. The molecule has 2 heterocycles. The molecule has 5 heteroatoms. The Morgan fingerprint density at radius 3 is 3.12 bits per heavy atom. The summed E-state index contributed by atoms with van der Waals surface area (Å²) >= 11 is 6.02. The van der Waals surface area contributed by atoms with Gasteiger partial charge in [0.05, 0.1) is 11.0 Å². The van der Waals surface area contributed by atoms with Gasteiger partial charge >= 0.3 is 5.69 Å². The number of rotatable bonds is 0. The lowest BCUT2D eigenvalue weighted by Crippen LogP contribution is -2.30. The molecule has 4 nitrogen and oxygen atoms in total. The minimum Gasteiger partial charge on any atom is -0.308 e. The van der Waals surface area contributed by atoms with E-state index in [4.69, 9.17) is 11.6 Å². The van der Waals surface area contributed by atoms with Crippen LogP contribution < -0.4 is 11.0 Å². The highest BCUT2D eigenvalue weighted by Gasteiger charge is 2.18. The minimum atomic E-state index is -0.0610. The fourth-order valence-corrected chi connectivity index (χ4v) is 2.53. The van der Waals surface area contributed by atoms with Crippen LogP contribution in [0.2, 0.25) is 5.02 Å². The summed E-state index contributed by atoms with van der Waals surface area (Å²) in [6, 6.07) is 4.00. The number of H-pyrrole nitrogens is 1. The zero-order chi connectivity index (χ0) is 11.3. The molecule has 0 saturated carbocycles. The predicted molar refractivity (Wildman–Crippen MR) is 63.9 cm³/mol. The molecular weight excluding hydrogens is 226 g/mol. The van der Waals surface area contributed by atoms with Crippen LogP contribution >= 0.6 is 11.6 Å². The number of halogens is 1. The minimum absolute atomic E-state index is 0.0610. The van der Waals surface area contributed by atoms with Crippen molar-refractivity contribution < 1.29 is 0 Å². The molecule has 0 radical (unpaired) electrons. The Balaban J connectivity index is 2.40. The molecule has 0 fully saturated rings. The van der Waals surface area contributed by atoms with Gasteiger partial charge in [-0.15, -0.1) is 0 Å². The topological polar surface area (TPSA) is 49.8 Å². The largest absolute Gasteiger partial charge is 0.326 e. The van der Waals surface area contributed by atoms with Crippen molar-refractivity contribution in [1.82, 2.24) is 14.9 Å². The number of aromatic amines is 1. The zero-order valence-electron chi connectivity index (χ0n) is 8.88. The molecule has 84 valence electrons. The van der Waals surface area contributed by atoms with E-state index in [-0.39, 0.29) is 11.7 Å². The summed E-state index contributed by atoms with van der Waals surface area (Å²) < 4.78 is 1.78. The Hall–Kier alpha value is -1.26. The van der Waals surface area contributed by atoms with E-state index in [0.717, 1.165) is 23.1 Å². The quantitative estimate of drug-likeness (QED) is 0.729. The van der Waals surface area contributed by atoms with Crippen molar-refractivity contribution in [2.75, 3.05) is 0 Å². The Labute approximate surface area is 97.2 Å². The van der Waals surface area contributed by atoms with E-state index in [2.05, 4.69) is 17.2 Å². The summed E-state index contributed by atoms with van der Waals surface area (Å²) in [7, 11) is 0. The van der Waals surface area contributed by atoms with Crippen LogP contribution in [0.4, 0.5) is 0 Å². The summed E-state index contributed by atoms with van der Waals surface area (Å²) in [4.78, 5) is 14.6. The van der Waals surface area contributed by atoms with Gasteiger partial charge in [0, 0.05) is 24.2 Å². The van der Waals surface area contributed by atoms with E-state index in [9.17, 15) is 4.79 Å². The molecule has 1 aromatic heterocycles. The zero-order valence-corrected chi connectivity index (χ0v) is 9.64. The third-order valence-electron chi connectivity index (χ3n) is 3.01. The van der Waals surface area contributed by atoms with Gasteiger partial charge in [-0.25, -0.2) is 4.79 Å². The van der Waals surface area contributed by atoms with Gasteiger partial charge < -0.3 is 10.3 Å². The van der Waals surface area contributed by atoms with Gasteiger partial charge in [0.25, 0.3) is 0 Å². The molecule has 0 bridgehead atoms. The van der Waals surface area contributed by atoms with E-state index >= 15 is 0 Å². The van der Waals surface area contributed by atoms with E-state index in [1.807, 2.05) is 6.07 Å². The molecule has 0 saturated heterocycles. The lowest BCUT2D eigenvalue weighted by Gasteiger charge is -2.08. The predicted octanol–water partition coefficient (Wildman–Crippen LogP) is 1.47. The molecule has 1 aliphatic heterocycles. The number of nitrogens with one attached hydrogen (secondary N) is 2. The Kier molecular flexibility index (Phi) is 2.09. The molecule has 2 aromatic rings. The first-order valence-corrected chi connectivity index (χ1v) is 5.67. The van der Waals surface area contributed by atoms with Gasteiger partial charge in [-0.3, -0.25) is 4.57 Å². The van der Waals surface area contributed by atoms with Gasteiger partial charge in [-0.1, -0.05) is 11.6 Å². The molecule has 1 aromatic carbocycles. The standard InChI is InChI=1S/C11H12ClN3O/c1-6-5-15-10-7(4-13-6)2-8(12)3-9(10)14-11(15)16/h2-3,6,13H,4-5H2,1H3,(H,14,16)/t6-/m1/s1. The van der Waals surface area contributed by atoms with Gasteiger partial charge in [0.2, 0.25) is 0 Å². The molecule has 3 rings (SSSR count). The second-order valence-electron chi connectivity index (χ2n) is 4.28. The van der Waals surface area contributed by atoms with Crippen molar-refractivity contribution in [3.05, 3.63) is 33.2 Å². The van der Waals surface area contributed by atoms with Crippen LogP contribution in [0.5, 0.6) is 0 Å². The Bertz CT molecular complexity index is 613. The average molecular weight is 238 g/mol. The molecule has 0 aliphatic carbocycles. The number of hydrogen-bond acceptors (Lipinski definition) is 2. The first kappa shape index (κ1) is 9.93. The van der Waals surface area contributed by atoms with Gasteiger partial charge in [-0.05, 0) is 24.6 Å². The fourth-order valence-electron chi connectivity index (χ4n) is 2.29. The fraction of sp³-hybridized carbons (Fsp3) is 0.364. The van der Waals surface area contributed by atoms with Crippen molar-refractivity contribution in [2.45, 2.75) is 26.1 Å². The van der Waals surface area contributed by atoms with E-state index < -0.39 is 0 Å². The summed E-state index contributed by atoms with van der Waals surface area (Å²) in [5, 5.41) is 4.02. The normalized spacial score (nSPS) is 20.0. The Morgan fingerprint density at radius 1 is 1.50 bits per heavy atom. The van der Waals surface area contributed by atoms with Gasteiger partial charge in [0.1, 0.15) is 0 Å². The SMILES string of the molecule is C[C@@H]1Cn2c(=O)[nH]c3cc(Cl)cc(c32)CN1. The second-order valence-corrected chi connectivity index (χ2v) is 4.72. The maximum Gasteiger partial charge on any atom is 0.326 e. The van der Waals surface area contributed by atoms with Gasteiger partial charge in [0.15, 0.2) is 0 Å². The number of imidazole rings is 1. The lowest BCUT2D eigenvalue weighted by molar-refractivity contribution is 0.491. The maximum atomic E-state index is 11.8. The van der Waals surface area contributed by atoms with Crippen LogP contribution in [0.1, 0.15) is 12.5 Å². The van der Waals surface area contributed by atoms with Crippen LogP contribution in [0.25, 0.3) is 11.0 Å². The van der Waals surface area contributed by atoms with Crippen molar-refractivity contribution >= 4 is 22.6 Å². The first-order chi connectivity index (χ1) is 7.65. The van der Waals surface area contributed by atoms with Crippen LogP contribution in [0, 0.1) is 0 Å². The number of aromatic nitrogens is 2. The molecule has 0 amide bonds. The molecule has 0 unspecified atom stereocenters. The molecule has 16 heavy (non-hydrogen) atoms. The maximum absolute atomic E-state index is 11.8. The van der Waals surface area contributed by atoms with Crippen molar-refractivity contribution in [1.29, 1.82) is 0 Å². The van der Waals surface area contributed by atoms with Crippen molar-refractivity contribution in [3.8, 4) is 0 Å². The van der Waals surface area contributed by atoms with E-state index in [0.29, 0.717) is 11.6 Å². The van der Waals surface area contributed by atoms with Gasteiger partial charge in [-0.2, -0.15) is 0 Å². The van der Waals surface area contributed by atoms with E-state index in [1.54, 1.807) is 10.6 Å². The number of hydrogen-bond donors (Lipinski definition) is 2. The highest BCUT2D eigenvalue weighted by Crippen LogP contribution is 2.23. The third kappa shape index (κ3) is 1.37. The van der Waals surface area contributed by atoms with Crippen LogP contribution in [0.15, 0.2) is 16.9 Å². The van der Waals surface area contributed by atoms with Crippen LogP contribution in [-0.4, -0.2) is 15.6 Å². The average Bonchev–Trinajstić information content (AvgIpc) is 2.43. The highest BCUT2D eigenvalue weighted by molar-refractivity contribution is 6.31. The Morgan fingerprint density at radius 2 is 2.31 bits per heavy atom. The second kappa shape index (κ2) is 3.37. The number of benzene rings is 1. The lowest BCUT2D eigenvalue weighted by atomic mass is 10.2. The first-order valence-electron chi connectivity index (χ1n) is 5.29. The van der Waals surface area contributed by atoms with Crippen LogP contribution in [-0.2, 0) is 13.1 Å². The van der Waals surface area contributed by atoms with Crippen molar-refractivity contribution in [3.63, 3.8) is 0 Å².